The van der Waals surface area contributed by atoms with Crippen LogP contribution in [0.1, 0.15) is 97.8 Å². The first-order valence-electron chi connectivity index (χ1n) is 8.86. The van der Waals surface area contributed by atoms with E-state index in [0.717, 1.165) is 11.8 Å². The smallest absolute Gasteiger partial charge is 0.0154 e. The van der Waals surface area contributed by atoms with Crippen LogP contribution in [0.15, 0.2) is 0 Å². The maximum absolute atomic E-state index is 6.58. The molecule has 0 aromatic heterocycles. The molecule has 0 saturated heterocycles. The van der Waals surface area contributed by atoms with Crippen molar-refractivity contribution in [2.45, 2.75) is 103 Å². The Labute approximate surface area is 121 Å². The van der Waals surface area contributed by atoms with Gasteiger partial charge in [-0.1, -0.05) is 65.7 Å². The Morgan fingerprint density at radius 2 is 1.47 bits per heavy atom. The van der Waals surface area contributed by atoms with Crippen LogP contribution in [0.3, 0.4) is 0 Å². The van der Waals surface area contributed by atoms with Crippen molar-refractivity contribution >= 4 is 0 Å². The number of nitrogens with two attached hydrogens (primary N) is 1. The Balaban J connectivity index is 2.06. The second-order valence-electron chi connectivity index (χ2n) is 7.32. The van der Waals surface area contributed by atoms with Crippen molar-refractivity contribution in [1.29, 1.82) is 0 Å². The summed E-state index contributed by atoms with van der Waals surface area (Å²) in [6.07, 6.45) is 16.3. The topological polar surface area (TPSA) is 26.0 Å². The predicted molar refractivity (Wildman–Crippen MR) is 86.3 cm³/mol. The molecule has 0 spiro atoms. The van der Waals surface area contributed by atoms with E-state index < -0.39 is 0 Å². The minimum absolute atomic E-state index is 0.189. The molecule has 1 heteroatoms. The summed E-state index contributed by atoms with van der Waals surface area (Å²) < 4.78 is 0. The molecule has 1 aliphatic rings. The Hall–Kier alpha value is -0.0400. The molecule has 0 bridgehead atoms. The summed E-state index contributed by atoms with van der Waals surface area (Å²) in [6, 6.07) is 0. The molecule has 0 aliphatic heterocycles. The van der Waals surface area contributed by atoms with E-state index in [2.05, 4.69) is 20.8 Å². The molecule has 1 rings (SSSR count). The highest BCUT2D eigenvalue weighted by atomic mass is 14.7. The molecule has 1 fully saturated rings. The Morgan fingerprint density at radius 1 is 0.947 bits per heavy atom. The number of rotatable bonds is 9. The van der Waals surface area contributed by atoms with Crippen LogP contribution in [0.5, 0.6) is 0 Å². The van der Waals surface area contributed by atoms with Crippen molar-refractivity contribution in [3.63, 3.8) is 0 Å². The lowest BCUT2D eigenvalue weighted by atomic mass is 9.71. The predicted octanol–water partition coefficient (Wildman–Crippen LogP) is 5.67. The van der Waals surface area contributed by atoms with Gasteiger partial charge < -0.3 is 5.73 Å². The number of hydrogen-bond acceptors (Lipinski definition) is 1. The summed E-state index contributed by atoms with van der Waals surface area (Å²) >= 11 is 0. The van der Waals surface area contributed by atoms with Gasteiger partial charge in [0.2, 0.25) is 0 Å². The third-order valence-corrected chi connectivity index (χ3v) is 5.25. The molecule has 0 amide bonds. The molecule has 0 atom stereocenters. The highest BCUT2D eigenvalue weighted by Crippen LogP contribution is 2.37. The van der Waals surface area contributed by atoms with Gasteiger partial charge in [-0.2, -0.15) is 0 Å². The molecule has 0 unspecified atom stereocenters. The van der Waals surface area contributed by atoms with E-state index in [9.17, 15) is 0 Å². The number of hydrogen-bond donors (Lipinski definition) is 1. The average molecular weight is 268 g/mol. The Morgan fingerprint density at radius 3 is 2.00 bits per heavy atom. The van der Waals surface area contributed by atoms with Crippen molar-refractivity contribution in [2.24, 2.45) is 17.6 Å². The van der Waals surface area contributed by atoms with Gasteiger partial charge in [0.1, 0.15) is 0 Å². The van der Waals surface area contributed by atoms with E-state index in [-0.39, 0.29) is 5.54 Å². The van der Waals surface area contributed by atoms with Crippen molar-refractivity contribution in [2.75, 3.05) is 0 Å². The van der Waals surface area contributed by atoms with E-state index in [4.69, 9.17) is 5.73 Å². The lowest BCUT2D eigenvalue weighted by Gasteiger charge is -2.38. The van der Waals surface area contributed by atoms with Crippen LogP contribution < -0.4 is 5.73 Å². The minimum Gasteiger partial charge on any atom is -0.325 e. The summed E-state index contributed by atoms with van der Waals surface area (Å²) in [7, 11) is 0. The van der Waals surface area contributed by atoms with Gasteiger partial charge in [-0.15, -0.1) is 0 Å². The molecule has 0 aromatic carbocycles. The molecule has 19 heavy (non-hydrogen) atoms. The third kappa shape index (κ3) is 6.79. The maximum atomic E-state index is 6.58. The van der Waals surface area contributed by atoms with Gasteiger partial charge in [0.15, 0.2) is 0 Å². The summed E-state index contributed by atoms with van der Waals surface area (Å²) in [5, 5.41) is 0. The highest BCUT2D eigenvalue weighted by molar-refractivity contribution is 4.90. The van der Waals surface area contributed by atoms with Gasteiger partial charge in [-0.25, -0.2) is 0 Å². The normalized spacial score (nSPS) is 27.9. The number of unbranched alkanes of at least 4 members (excludes halogenated alkanes) is 6. The zero-order valence-corrected chi connectivity index (χ0v) is 13.7. The van der Waals surface area contributed by atoms with Crippen molar-refractivity contribution < 1.29 is 0 Å². The molecule has 0 radical (unpaired) electrons. The van der Waals surface area contributed by atoms with E-state index in [1.807, 2.05) is 0 Å². The molecule has 1 nitrogen and oxygen atoms in total. The van der Waals surface area contributed by atoms with E-state index in [1.165, 1.54) is 77.0 Å². The monoisotopic (exact) mass is 267 g/mol. The second kappa shape index (κ2) is 9.00. The third-order valence-electron chi connectivity index (χ3n) is 5.25. The van der Waals surface area contributed by atoms with Crippen LogP contribution in [0.25, 0.3) is 0 Å². The molecule has 0 aromatic rings. The van der Waals surface area contributed by atoms with Crippen LogP contribution >= 0.6 is 0 Å². The quantitative estimate of drug-likeness (QED) is 0.535. The SMILES string of the molecule is CCCCCCCCCC1(N)CCC(C(C)C)CC1. The van der Waals surface area contributed by atoms with Crippen LogP contribution in [0.4, 0.5) is 0 Å². The van der Waals surface area contributed by atoms with Crippen molar-refractivity contribution in [3.05, 3.63) is 0 Å². The lowest BCUT2D eigenvalue weighted by Crippen LogP contribution is -2.43. The largest absolute Gasteiger partial charge is 0.325 e. The molecule has 1 saturated carbocycles. The summed E-state index contributed by atoms with van der Waals surface area (Å²) in [5.74, 6) is 1.79. The van der Waals surface area contributed by atoms with E-state index in [0.29, 0.717) is 0 Å². The summed E-state index contributed by atoms with van der Waals surface area (Å²) in [4.78, 5) is 0. The van der Waals surface area contributed by atoms with Crippen LogP contribution in [0, 0.1) is 11.8 Å². The second-order valence-corrected chi connectivity index (χ2v) is 7.32. The molecule has 2 N–H and O–H groups in total. The highest BCUT2D eigenvalue weighted by Gasteiger charge is 2.31. The molecule has 0 heterocycles. The molecular weight excluding hydrogens is 230 g/mol. The molecule has 114 valence electrons. The maximum Gasteiger partial charge on any atom is 0.0154 e. The van der Waals surface area contributed by atoms with Gasteiger partial charge in [0.25, 0.3) is 0 Å². The van der Waals surface area contributed by atoms with Crippen LogP contribution in [-0.4, -0.2) is 5.54 Å². The first kappa shape index (κ1) is 17.0. The van der Waals surface area contributed by atoms with Crippen molar-refractivity contribution in [1.82, 2.24) is 0 Å². The van der Waals surface area contributed by atoms with E-state index >= 15 is 0 Å². The fourth-order valence-electron chi connectivity index (χ4n) is 3.57. The van der Waals surface area contributed by atoms with Gasteiger partial charge in [-0.3, -0.25) is 0 Å². The summed E-state index contributed by atoms with van der Waals surface area (Å²) in [5.41, 5.74) is 6.77. The van der Waals surface area contributed by atoms with Crippen LogP contribution in [-0.2, 0) is 0 Å². The van der Waals surface area contributed by atoms with Gasteiger partial charge in [0.05, 0.1) is 0 Å². The minimum atomic E-state index is 0.189. The first-order chi connectivity index (χ1) is 9.07. The zero-order valence-electron chi connectivity index (χ0n) is 13.7. The Bertz CT molecular complexity index is 214. The first-order valence-corrected chi connectivity index (χ1v) is 8.86. The standard InChI is InChI=1S/C18H37N/c1-4-5-6-7-8-9-10-13-18(19)14-11-17(12-15-18)16(2)3/h16-17H,4-15,19H2,1-3H3. The zero-order chi connectivity index (χ0) is 14.1. The van der Waals surface area contributed by atoms with Gasteiger partial charge in [-0.05, 0) is 43.9 Å². The molecular formula is C18H37N. The van der Waals surface area contributed by atoms with E-state index in [1.54, 1.807) is 0 Å². The molecule has 1 aliphatic carbocycles. The average Bonchev–Trinajstić information content (AvgIpc) is 2.38. The van der Waals surface area contributed by atoms with Gasteiger partial charge >= 0.3 is 0 Å². The van der Waals surface area contributed by atoms with Gasteiger partial charge in [0, 0.05) is 5.54 Å². The van der Waals surface area contributed by atoms with Crippen LogP contribution in [0.2, 0.25) is 0 Å². The fraction of sp³-hybridized carbons (Fsp3) is 1.00. The lowest BCUT2D eigenvalue weighted by molar-refractivity contribution is 0.183. The van der Waals surface area contributed by atoms with Crippen molar-refractivity contribution in [3.8, 4) is 0 Å². The Kier molecular flexibility index (Phi) is 8.06. The summed E-state index contributed by atoms with van der Waals surface area (Å²) in [6.45, 7) is 7.01. The fourth-order valence-corrected chi connectivity index (χ4v) is 3.57.